The third-order valence-electron chi connectivity index (χ3n) is 5.75. The van der Waals surface area contributed by atoms with Crippen LogP contribution in [0.1, 0.15) is 97.8 Å². The Kier molecular flexibility index (Phi) is 8.26. The molecule has 0 aliphatic heterocycles. The molecule has 0 aromatic carbocycles. The van der Waals surface area contributed by atoms with E-state index in [1.165, 1.54) is 57.8 Å². The van der Waals surface area contributed by atoms with Gasteiger partial charge < -0.3 is 10.8 Å². The van der Waals surface area contributed by atoms with Gasteiger partial charge in [0.2, 0.25) is 0 Å². The van der Waals surface area contributed by atoms with Crippen molar-refractivity contribution in [1.82, 2.24) is 0 Å². The lowest BCUT2D eigenvalue weighted by molar-refractivity contribution is -0.0933. The second-order valence-electron chi connectivity index (χ2n) is 8.04. The van der Waals surface area contributed by atoms with Gasteiger partial charge in [-0.1, -0.05) is 78.6 Å². The largest absolute Gasteiger partial charge is 0.392 e. The standard InChI is InChI=1S/C19H39NO/c1-4-5-6-7-8-9-10-11-14-19(16-20)15-12-13-18(2,3)17(19)21/h17,21H,4-16,20H2,1-3H3. The van der Waals surface area contributed by atoms with Crippen molar-refractivity contribution in [3.63, 3.8) is 0 Å². The van der Waals surface area contributed by atoms with Crippen LogP contribution in [0.3, 0.4) is 0 Å². The molecule has 1 aliphatic carbocycles. The second-order valence-corrected chi connectivity index (χ2v) is 8.04. The summed E-state index contributed by atoms with van der Waals surface area (Å²) in [6.07, 6.45) is 15.1. The summed E-state index contributed by atoms with van der Waals surface area (Å²) >= 11 is 0. The van der Waals surface area contributed by atoms with Gasteiger partial charge in [-0.2, -0.15) is 0 Å². The van der Waals surface area contributed by atoms with E-state index in [0.29, 0.717) is 6.54 Å². The molecule has 2 unspecified atom stereocenters. The number of hydrogen-bond donors (Lipinski definition) is 2. The average molecular weight is 298 g/mol. The highest BCUT2D eigenvalue weighted by atomic mass is 16.3. The van der Waals surface area contributed by atoms with E-state index in [2.05, 4.69) is 20.8 Å². The van der Waals surface area contributed by atoms with Crippen molar-refractivity contribution in [1.29, 1.82) is 0 Å². The SMILES string of the molecule is CCCCCCCCCCC1(CN)CCCC(C)(C)C1O. The van der Waals surface area contributed by atoms with Crippen LogP contribution >= 0.6 is 0 Å². The van der Waals surface area contributed by atoms with Crippen molar-refractivity contribution in [2.75, 3.05) is 6.54 Å². The summed E-state index contributed by atoms with van der Waals surface area (Å²) in [7, 11) is 0. The molecule has 1 saturated carbocycles. The van der Waals surface area contributed by atoms with Crippen LogP contribution < -0.4 is 5.73 Å². The molecule has 0 aromatic rings. The highest BCUT2D eigenvalue weighted by molar-refractivity contribution is 4.98. The Morgan fingerprint density at radius 3 is 2.10 bits per heavy atom. The van der Waals surface area contributed by atoms with Crippen LogP contribution in [0.15, 0.2) is 0 Å². The Labute approximate surface area is 132 Å². The number of unbranched alkanes of at least 4 members (excludes halogenated alkanes) is 7. The van der Waals surface area contributed by atoms with E-state index in [9.17, 15) is 5.11 Å². The smallest absolute Gasteiger partial charge is 0.0659 e. The summed E-state index contributed by atoms with van der Waals surface area (Å²) in [6.45, 7) is 7.32. The number of rotatable bonds is 10. The highest BCUT2D eigenvalue weighted by Crippen LogP contribution is 2.48. The summed E-state index contributed by atoms with van der Waals surface area (Å²) in [5.74, 6) is 0. The van der Waals surface area contributed by atoms with Crippen LogP contribution in [0.2, 0.25) is 0 Å². The predicted molar refractivity (Wildman–Crippen MR) is 92.4 cm³/mol. The zero-order valence-corrected chi connectivity index (χ0v) is 14.8. The van der Waals surface area contributed by atoms with Crippen molar-refractivity contribution < 1.29 is 5.11 Å². The van der Waals surface area contributed by atoms with Gasteiger partial charge >= 0.3 is 0 Å². The van der Waals surface area contributed by atoms with Gasteiger partial charge in [0.15, 0.2) is 0 Å². The summed E-state index contributed by atoms with van der Waals surface area (Å²) in [5.41, 5.74) is 6.12. The highest BCUT2D eigenvalue weighted by Gasteiger charge is 2.47. The monoisotopic (exact) mass is 297 g/mol. The van der Waals surface area contributed by atoms with E-state index in [0.717, 1.165) is 19.3 Å². The molecular weight excluding hydrogens is 258 g/mol. The molecule has 0 aromatic heterocycles. The van der Waals surface area contributed by atoms with Crippen LogP contribution in [0.5, 0.6) is 0 Å². The van der Waals surface area contributed by atoms with Gasteiger partial charge in [-0.25, -0.2) is 0 Å². The minimum atomic E-state index is -0.228. The van der Waals surface area contributed by atoms with Gasteiger partial charge in [0.1, 0.15) is 0 Å². The van der Waals surface area contributed by atoms with E-state index >= 15 is 0 Å². The molecule has 0 bridgehead atoms. The lowest BCUT2D eigenvalue weighted by Crippen LogP contribution is -2.52. The minimum absolute atomic E-state index is 0.00996. The minimum Gasteiger partial charge on any atom is -0.392 e. The first-order valence-corrected chi connectivity index (χ1v) is 9.37. The first kappa shape index (κ1) is 19.0. The van der Waals surface area contributed by atoms with Gasteiger partial charge in [-0.15, -0.1) is 0 Å². The maximum atomic E-state index is 10.8. The van der Waals surface area contributed by atoms with E-state index < -0.39 is 0 Å². The third kappa shape index (κ3) is 5.56. The molecule has 1 aliphatic rings. The van der Waals surface area contributed by atoms with Crippen LogP contribution in [0.25, 0.3) is 0 Å². The normalized spacial score (nSPS) is 28.7. The Hall–Kier alpha value is -0.0800. The Morgan fingerprint density at radius 1 is 0.952 bits per heavy atom. The molecule has 1 rings (SSSR count). The van der Waals surface area contributed by atoms with Crippen LogP contribution in [-0.4, -0.2) is 17.8 Å². The second kappa shape index (κ2) is 9.15. The number of aliphatic hydroxyl groups excluding tert-OH is 1. The zero-order valence-electron chi connectivity index (χ0n) is 14.8. The molecule has 126 valence electrons. The predicted octanol–water partition coefficient (Wildman–Crippen LogP) is 5.03. The van der Waals surface area contributed by atoms with Crippen molar-refractivity contribution in [3.8, 4) is 0 Å². The van der Waals surface area contributed by atoms with Gasteiger partial charge in [-0.05, 0) is 24.7 Å². The maximum absolute atomic E-state index is 10.8. The number of aliphatic hydroxyl groups is 1. The number of nitrogens with two attached hydrogens (primary N) is 1. The molecule has 3 N–H and O–H groups in total. The van der Waals surface area contributed by atoms with E-state index in [1.54, 1.807) is 0 Å². The molecule has 0 spiro atoms. The first-order valence-electron chi connectivity index (χ1n) is 9.37. The topological polar surface area (TPSA) is 46.2 Å². The van der Waals surface area contributed by atoms with Crippen molar-refractivity contribution in [2.24, 2.45) is 16.6 Å². The molecule has 0 amide bonds. The summed E-state index contributed by atoms with van der Waals surface area (Å²) < 4.78 is 0. The molecule has 21 heavy (non-hydrogen) atoms. The fourth-order valence-electron chi connectivity index (χ4n) is 4.19. The molecule has 2 heteroatoms. The van der Waals surface area contributed by atoms with Crippen molar-refractivity contribution in [2.45, 2.75) is 104 Å². The first-order chi connectivity index (χ1) is 9.98. The van der Waals surface area contributed by atoms with Crippen LogP contribution in [0, 0.1) is 10.8 Å². The van der Waals surface area contributed by atoms with Gasteiger partial charge in [-0.3, -0.25) is 0 Å². The molecule has 0 saturated heterocycles. The summed E-state index contributed by atoms with van der Waals surface area (Å²) in [5, 5.41) is 10.8. The van der Waals surface area contributed by atoms with Gasteiger partial charge in [0, 0.05) is 12.0 Å². The van der Waals surface area contributed by atoms with E-state index in [4.69, 9.17) is 5.73 Å². The fourth-order valence-corrected chi connectivity index (χ4v) is 4.19. The van der Waals surface area contributed by atoms with E-state index in [-0.39, 0.29) is 16.9 Å². The fraction of sp³-hybridized carbons (Fsp3) is 1.00. The molecule has 0 radical (unpaired) electrons. The third-order valence-corrected chi connectivity index (χ3v) is 5.75. The summed E-state index contributed by atoms with van der Waals surface area (Å²) in [6, 6.07) is 0. The van der Waals surface area contributed by atoms with E-state index in [1.807, 2.05) is 0 Å². The molecular formula is C19H39NO. The van der Waals surface area contributed by atoms with Crippen molar-refractivity contribution in [3.05, 3.63) is 0 Å². The Morgan fingerprint density at radius 2 is 1.52 bits per heavy atom. The van der Waals surface area contributed by atoms with Gasteiger partial charge in [0.05, 0.1) is 6.10 Å². The molecule has 1 fully saturated rings. The van der Waals surface area contributed by atoms with Gasteiger partial charge in [0.25, 0.3) is 0 Å². The summed E-state index contributed by atoms with van der Waals surface area (Å²) in [4.78, 5) is 0. The lowest BCUT2D eigenvalue weighted by atomic mass is 9.59. The zero-order chi connectivity index (χ0) is 15.8. The lowest BCUT2D eigenvalue weighted by Gasteiger charge is -2.49. The Bertz CT molecular complexity index is 277. The van der Waals surface area contributed by atoms with Crippen LogP contribution in [-0.2, 0) is 0 Å². The average Bonchev–Trinajstić information content (AvgIpc) is 2.46. The Balaban J connectivity index is 2.27. The number of hydrogen-bond acceptors (Lipinski definition) is 2. The molecule has 0 heterocycles. The quantitative estimate of drug-likeness (QED) is 0.555. The van der Waals surface area contributed by atoms with Crippen molar-refractivity contribution >= 4 is 0 Å². The molecule has 2 nitrogen and oxygen atoms in total. The maximum Gasteiger partial charge on any atom is 0.0659 e. The molecule has 2 atom stereocenters. The van der Waals surface area contributed by atoms with Crippen LogP contribution in [0.4, 0.5) is 0 Å².